The molecule has 2 aromatic rings. The number of fused-ring (bicyclic) bond motifs is 1. The molecule has 1 aromatic carbocycles. The number of rotatable bonds is 2. The Kier molecular flexibility index (Phi) is 3.68. The smallest absolute Gasteiger partial charge is 0.254 e. The van der Waals surface area contributed by atoms with Crippen LogP contribution in [0.3, 0.4) is 0 Å². The van der Waals surface area contributed by atoms with Gasteiger partial charge in [0.25, 0.3) is 5.91 Å². The molecule has 116 valence electrons. The van der Waals surface area contributed by atoms with Gasteiger partial charge in [-0.1, -0.05) is 19.9 Å². The van der Waals surface area contributed by atoms with Crippen molar-refractivity contribution in [1.29, 1.82) is 0 Å². The highest BCUT2D eigenvalue weighted by Crippen LogP contribution is 2.20. The maximum absolute atomic E-state index is 13.6. The lowest BCUT2D eigenvalue weighted by molar-refractivity contribution is 0.0705. The van der Waals surface area contributed by atoms with Gasteiger partial charge < -0.3 is 9.47 Å². The van der Waals surface area contributed by atoms with Crippen LogP contribution in [0.2, 0.25) is 0 Å². The molecule has 2 heterocycles. The van der Waals surface area contributed by atoms with E-state index in [-0.39, 0.29) is 11.7 Å². The Bertz CT molecular complexity index is 723. The minimum Gasteiger partial charge on any atom is -0.329 e. The summed E-state index contributed by atoms with van der Waals surface area (Å²) in [5.74, 6) is 1.52. The van der Waals surface area contributed by atoms with Crippen molar-refractivity contribution in [2.24, 2.45) is 0 Å². The molecule has 1 amide bonds. The van der Waals surface area contributed by atoms with Gasteiger partial charge in [-0.2, -0.15) is 0 Å². The summed E-state index contributed by atoms with van der Waals surface area (Å²) in [5, 5.41) is 8.39. The van der Waals surface area contributed by atoms with Gasteiger partial charge in [0.1, 0.15) is 11.6 Å². The molecule has 0 bridgehead atoms. The van der Waals surface area contributed by atoms with Crippen LogP contribution in [0.5, 0.6) is 0 Å². The Morgan fingerprint density at radius 1 is 1.27 bits per heavy atom. The van der Waals surface area contributed by atoms with E-state index in [1.807, 2.05) is 0 Å². The molecule has 0 spiro atoms. The number of hydrogen-bond acceptors (Lipinski definition) is 3. The first-order valence-corrected chi connectivity index (χ1v) is 7.44. The number of aromatic nitrogens is 3. The Hall–Kier alpha value is -2.24. The molecule has 3 rings (SSSR count). The van der Waals surface area contributed by atoms with Gasteiger partial charge in [-0.3, -0.25) is 4.79 Å². The second-order valence-corrected chi connectivity index (χ2v) is 5.97. The number of halogens is 1. The summed E-state index contributed by atoms with van der Waals surface area (Å²) in [5.41, 5.74) is 0.914. The molecule has 1 aliphatic rings. The van der Waals surface area contributed by atoms with Gasteiger partial charge in [0.05, 0.1) is 6.54 Å². The third-order valence-electron chi connectivity index (χ3n) is 4.00. The third kappa shape index (κ3) is 2.49. The van der Waals surface area contributed by atoms with Crippen LogP contribution >= 0.6 is 0 Å². The van der Waals surface area contributed by atoms with Gasteiger partial charge >= 0.3 is 0 Å². The number of benzene rings is 1. The molecule has 22 heavy (non-hydrogen) atoms. The summed E-state index contributed by atoms with van der Waals surface area (Å²) in [6, 6.07) is 4.60. The second-order valence-electron chi connectivity index (χ2n) is 5.97. The molecule has 1 aromatic heterocycles. The fourth-order valence-electron chi connectivity index (χ4n) is 2.69. The summed E-state index contributed by atoms with van der Waals surface area (Å²) < 4.78 is 15.7. The molecule has 0 fully saturated rings. The van der Waals surface area contributed by atoms with Crippen molar-refractivity contribution < 1.29 is 9.18 Å². The van der Waals surface area contributed by atoms with Crippen LogP contribution in [0.15, 0.2) is 18.2 Å². The largest absolute Gasteiger partial charge is 0.329 e. The maximum atomic E-state index is 13.6. The summed E-state index contributed by atoms with van der Waals surface area (Å²) in [4.78, 5) is 14.2. The van der Waals surface area contributed by atoms with E-state index in [1.54, 1.807) is 24.0 Å². The van der Waals surface area contributed by atoms with Crippen molar-refractivity contribution >= 4 is 5.91 Å². The minimum atomic E-state index is -0.354. The highest BCUT2D eigenvalue weighted by Gasteiger charge is 2.26. The van der Waals surface area contributed by atoms with Crippen molar-refractivity contribution in [3.05, 3.63) is 46.8 Å². The summed E-state index contributed by atoms with van der Waals surface area (Å²) in [7, 11) is 0. The lowest BCUT2D eigenvalue weighted by Crippen LogP contribution is -2.39. The summed E-state index contributed by atoms with van der Waals surface area (Å²) in [6.07, 6.45) is 0. The van der Waals surface area contributed by atoms with Crippen LogP contribution in [0, 0.1) is 12.7 Å². The SMILES string of the molecule is Cc1ccc(C(=O)N2CCn3c(nnc3C(C)C)C2)cc1F. The molecule has 1 aliphatic heterocycles. The number of aryl methyl sites for hydroxylation is 1. The Labute approximate surface area is 128 Å². The molecular formula is C16H19FN4O. The van der Waals surface area contributed by atoms with Gasteiger partial charge in [-0.05, 0) is 24.6 Å². The lowest BCUT2D eigenvalue weighted by Gasteiger charge is -2.28. The summed E-state index contributed by atoms with van der Waals surface area (Å²) in [6.45, 7) is 7.50. The molecule has 0 radical (unpaired) electrons. The molecule has 0 saturated heterocycles. The second kappa shape index (κ2) is 5.51. The zero-order valence-electron chi connectivity index (χ0n) is 13.0. The first kappa shape index (κ1) is 14.7. The third-order valence-corrected chi connectivity index (χ3v) is 4.00. The lowest BCUT2D eigenvalue weighted by atomic mass is 10.1. The number of hydrogen-bond donors (Lipinski definition) is 0. The topological polar surface area (TPSA) is 51.0 Å². The Balaban J connectivity index is 1.82. The molecule has 6 heteroatoms. The van der Waals surface area contributed by atoms with Gasteiger partial charge in [0.15, 0.2) is 5.82 Å². The van der Waals surface area contributed by atoms with Crippen LogP contribution in [0.25, 0.3) is 0 Å². The van der Waals surface area contributed by atoms with Crippen molar-refractivity contribution in [1.82, 2.24) is 19.7 Å². The maximum Gasteiger partial charge on any atom is 0.254 e. The van der Waals surface area contributed by atoms with Crippen LogP contribution in [0.1, 0.15) is 47.3 Å². The van der Waals surface area contributed by atoms with E-state index < -0.39 is 0 Å². The average Bonchev–Trinajstić information content (AvgIpc) is 2.92. The van der Waals surface area contributed by atoms with Crippen molar-refractivity contribution in [3.8, 4) is 0 Å². The van der Waals surface area contributed by atoms with E-state index in [2.05, 4.69) is 28.6 Å². The summed E-state index contributed by atoms with van der Waals surface area (Å²) >= 11 is 0. The van der Waals surface area contributed by atoms with Gasteiger partial charge in [-0.25, -0.2) is 4.39 Å². The quantitative estimate of drug-likeness (QED) is 0.856. The number of nitrogens with zero attached hydrogens (tertiary/aromatic N) is 4. The van der Waals surface area contributed by atoms with E-state index in [1.165, 1.54) is 6.07 Å². The number of amides is 1. The predicted molar refractivity (Wildman–Crippen MR) is 80.0 cm³/mol. The van der Waals surface area contributed by atoms with Crippen molar-refractivity contribution in [2.75, 3.05) is 6.54 Å². The number of carbonyl (C=O) groups excluding carboxylic acids is 1. The normalized spacial score (nSPS) is 14.3. The van der Waals surface area contributed by atoms with Crippen LogP contribution in [-0.4, -0.2) is 32.1 Å². The predicted octanol–water partition coefficient (Wildman–Crippen LogP) is 2.51. The average molecular weight is 302 g/mol. The molecule has 0 unspecified atom stereocenters. The number of carbonyl (C=O) groups is 1. The van der Waals surface area contributed by atoms with Gasteiger partial charge in [0.2, 0.25) is 0 Å². The van der Waals surface area contributed by atoms with E-state index >= 15 is 0 Å². The molecule has 5 nitrogen and oxygen atoms in total. The molecular weight excluding hydrogens is 283 g/mol. The van der Waals surface area contributed by atoms with Crippen molar-refractivity contribution in [3.63, 3.8) is 0 Å². The minimum absolute atomic E-state index is 0.167. The fraction of sp³-hybridized carbons (Fsp3) is 0.438. The highest BCUT2D eigenvalue weighted by atomic mass is 19.1. The molecule has 0 aliphatic carbocycles. The van der Waals surface area contributed by atoms with Crippen molar-refractivity contribution in [2.45, 2.75) is 39.8 Å². The first-order chi connectivity index (χ1) is 10.5. The Morgan fingerprint density at radius 2 is 2.05 bits per heavy atom. The van der Waals surface area contributed by atoms with E-state index in [4.69, 9.17) is 0 Å². The molecule has 0 atom stereocenters. The molecule has 0 saturated carbocycles. The van der Waals surface area contributed by atoms with Gasteiger partial charge in [0, 0.05) is 24.6 Å². The van der Waals surface area contributed by atoms with Gasteiger partial charge in [-0.15, -0.1) is 10.2 Å². The van der Waals surface area contributed by atoms with E-state index in [0.29, 0.717) is 36.7 Å². The van der Waals surface area contributed by atoms with E-state index in [9.17, 15) is 9.18 Å². The zero-order valence-corrected chi connectivity index (χ0v) is 13.0. The zero-order chi connectivity index (χ0) is 15.9. The van der Waals surface area contributed by atoms with Crippen LogP contribution < -0.4 is 0 Å². The highest BCUT2D eigenvalue weighted by molar-refractivity contribution is 5.94. The van der Waals surface area contributed by atoms with E-state index in [0.717, 1.165) is 11.6 Å². The fourth-order valence-corrected chi connectivity index (χ4v) is 2.69. The standard InChI is InChI=1S/C16H19FN4O/c1-10(2)15-19-18-14-9-20(6-7-21(14)15)16(22)12-5-4-11(3)13(17)8-12/h4-5,8,10H,6-7,9H2,1-3H3. The van der Waals surface area contributed by atoms with Crippen LogP contribution in [-0.2, 0) is 13.1 Å². The monoisotopic (exact) mass is 302 g/mol. The first-order valence-electron chi connectivity index (χ1n) is 7.44. The van der Waals surface area contributed by atoms with Crippen LogP contribution in [0.4, 0.5) is 4.39 Å². The molecule has 0 N–H and O–H groups in total. The Morgan fingerprint density at radius 3 is 2.73 bits per heavy atom.